The van der Waals surface area contributed by atoms with Crippen LogP contribution < -0.4 is 0 Å². The summed E-state index contributed by atoms with van der Waals surface area (Å²) in [7, 11) is 1.64. The molecular formula is C7H12O3. The summed E-state index contributed by atoms with van der Waals surface area (Å²) in [4.78, 5) is 10.2. The summed E-state index contributed by atoms with van der Waals surface area (Å²) >= 11 is 0. The summed E-state index contributed by atoms with van der Waals surface area (Å²) in [6.45, 7) is 0. The third-order valence-corrected chi connectivity index (χ3v) is 2.09. The van der Waals surface area contributed by atoms with Gasteiger partial charge in [0.2, 0.25) is 0 Å². The summed E-state index contributed by atoms with van der Waals surface area (Å²) < 4.78 is 5.04. The minimum Gasteiger partial charge on any atom is -0.481 e. The molecule has 0 bridgehead atoms. The highest BCUT2D eigenvalue weighted by molar-refractivity contribution is 5.67. The molecule has 3 nitrogen and oxygen atoms in total. The van der Waals surface area contributed by atoms with Gasteiger partial charge in [-0.2, -0.15) is 0 Å². The maximum atomic E-state index is 10.2. The molecule has 1 N–H and O–H groups in total. The molecular weight excluding hydrogens is 132 g/mol. The van der Waals surface area contributed by atoms with E-state index in [0.717, 1.165) is 12.8 Å². The predicted octanol–water partition coefficient (Wildman–Crippen LogP) is 0.886. The van der Waals surface area contributed by atoms with Gasteiger partial charge in [-0.1, -0.05) is 0 Å². The van der Waals surface area contributed by atoms with Crippen molar-refractivity contribution in [3.05, 3.63) is 0 Å². The van der Waals surface area contributed by atoms with Crippen LogP contribution in [-0.2, 0) is 9.53 Å². The van der Waals surface area contributed by atoms with Crippen LogP contribution in [0, 0.1) is 5.92 Å². The van der Waals surface area contributed by atoms with E-state index in [9.17, 15) is 4.79 Å². The lowest BCUT2D eigenvalue weighted by atomic mass is 9.79. The summed E-state index contributed by atoms with van der Waals surface area (Å²) in [5.41, 5.74) is 0. The molecule has 3 heteroatoms. The van der Waals surface area contributed by atoms with Gasteiger partial charge in [-0.05, 0) is 18.8 Å². The minimum atomic E-state index is -0.716. The first-order valence-electron chi connectivity index (χ1n) is 3.48. The average molecular weight is 144 g/mol. The molecule has 0 amide bonds. The maximum Gasteiger partial charge on any atom is 0.303 e. The number of carboxylic acids is 1. The summed E-state index contributed by atoms with van der Waals surface area (Å²) in [6.07, 6.45) is 2.49. The van der Waals surface area contributed by atoms with Crippen LogP contribution in [0.1, 0.15) is 19.3 Å². The lowest BCUT2D eigenvalue weighted by Crippen LogP contribution is -2.34. The second-order valence-corrected chi connectivity index (χ2v) is 2.71. The Kier molecular flexibility index (Phi) is 2.27. The Morgan fingerprint density at radius 1 is 1.70 bits per heavy atom. The van der Waals surface area contributed by atoms with Crippen molar-refractivity contribution in [3.63, 3.8) is 0 Å². The Morgan fingerprint density at radius 3 is 2.70 bits per heavy atom. The summed E-state index contributed by atoms with van der Waals surface area (Å²) in [5, 5.41) is 8.41. The van der Waals surface area contributed by atoms with Crippen molar-refractivity contribution in [2.45, 2.75) is 25.4 Å². The number of hydrogen-bond donors (Lipinski definition) is 1. The zero-order valence-electron chi connectivity index (χ0n) is 6.04. The zero-order chi connectivity index (χ0) is 7.56. The summed E-state index contributed by atoms with van der Waals surface area (Å²) in [5.74, 6) is -0.450. The monoisotopic (exact) mass is 144 g/mol. The van der Waals surface area contributed by atoms with Gasteiger partial charge in [-0.25, -0.2) is 0 Å². The van der Waals surface area contributed by atoms with Crippen LogP contribution in [0.15, 0.2) is 0 Å². The summed E-state index contributed by atoms with van der Waals surface area (Å²) in [6, 6.07) is 0. The van der Waals surface area contributed by atoms with Crippen LogP contribution in [0.25, 0.3) is 0 Å². The molecule has 10 heavy (non-hydrogen) atoms. The van der Waals surface area contributed by atoms with Crippen molar-refractivity contribution in [2.24, 2.45) is 5.92 Å². The van der Waals surface area contributed by atoms with Crippen molar-refractivity contribution in [1.29, 1.82) is 0 Å². The van der Waals surface area contributed by atoms with E-state index in [2.05, 4.69) is 0 Å². The van der Waals surface area contributed by atoms with E-state index in [0.29, 0.717) is 0 Å². The van der Waals surface area contributed by atoms with Gasteiger partial charge in [0.05, 0.1) is 12.5 Å². The first kappa shape index (κ1) is 7.54. The van der Waals surface area contributed by atoms with E-state index in [1.165, 1.54) is 0 Å². The van der Waals surface area contributed by atoms with Crippen LogP contribution >= 0.6 is 0 Å². The van der Waals surface area contributed by atoms with Crippen LogP contribution in [0.5, 0.6) is 0 Å². The van der Waals surface area contributed by atoms with E-state index >= 15 is 0 Å². The van der Waals surface area contributed by atoms with E-state index in [-0.39, 0.29) is 18.4 Å². The smallest absolute Gasteiger partial charge is 0.303 e. The molecule has 1 saturated carbocycles. The Morgan fingerprint density at radius 2 is 2.40 bits per heavy atom. The molecule has 0 aromatic rings. The molecule has 1 fully saturated rings. The highest BCUT2D eigenvalue weighted by atomic mass is 16.5. The number of hydrogen-bond acceptors (Lipinski definition) is 2. The van der Waals surface area contributed by atoms with Crippen LogP contribution in [0.2, 0.25) is 0 Å². The minimum absolute atomic E-state index is 0.205. The van der Waals surface area contributed by atoms with Gasteiger partial charge in [0, 0.05) is 7.11 Å². The molecule has 1 aliphatic rings. The average Bonchev–Trinajstić information content (AvgIpc) is 1.82. The quantitative estimate of drug-likeness (QED) is 0.639. The fourth-order valence-corrected chi connectivity index (χ4v) is 1.31. The van der Waals surface area contributed by atoms with E-state index in [1.54, 1.807) is 7.11 Å². The first-order valence-corrected chi connectivity index (χ1v) is 3.48. The number of ether oxygens (including phenoxy) is 1. The first-order chi connectivity index (χ1) is 4.74. The van der Waals surface area contributed by atoms with Gasteiger partial charge in [-0.3, -0.25) is 4.79 Å². The molecule has 0 radical (unpaired) electrons. The number of rotatable bonds is 3. The SMILES string of the molecule is CO[C@@H]1CC[C@H]1CC(=O)O. The second kappa shape index (κ2) is 3.01. The Labute approximate surface area is 60.0 Å². The highest BCUT2D eigenvalue weighted by Gasteiger charge is 2.32. The van der Waals surface area contributed by atoms with Gasteiger partial charge < -0.3 is 9.84 Å². The fraction of sp³-hybridized carbons (Fsp3) is 0.857. The molecule has 0 aliphatic heterocycles. The number of carboxylic acid groups (broad SMARTS) is 1. The number of carbonyl (C=O) groups is 1. The van der Waals surface area contributed by atoms with Gasteiger partial charge >= 0.3 is 5.97 Å². The zero-order valence-corrected chi connectivity index (χ0v) is 6.04. The van der Waals surface area contributed by atoms with Crippen molar-refractivity contribution in [1.82, 2.24) is 0 Å². The van der Waals surface area contributed by atoms with Crippen LogP contribution in [-0.4, -0.2) is 24.3 Å². The third kappa shape index (κ3) is 1.48. The van der Waals surface area contributed by atoms with Crippen molar-refractivity contribution >= 4 is 5.97 Å². The molecule has 0 unspecified atom stereocenters. The molecule has 1 rings (SSSR count). The second-order valence-electron chi connectivity index (χ2n) is 2.71. The normalized spacial score (nSPS) is 31.3. The maximum absolute atomic E-state index is 10.2. The third-order valence-electron chi connectivity index (χ3n) is 2.09. The Hall–Kier alpha value is -0.570. The Balaban J connectivity index is 2.23. The standard InChI is InChI=1S/C7H12O3/c1-10-6-3-2-5(6)4-7(8)9/h5-6H,2-4H2,1H3,(H,8,9)/t5-,6+/m0/s1. The van der Waals surface area contributed by atoms with Gasteiger partial charge in [0.15, 0.2) is 0 Å². The molecule has 1 aliphatic carbocycles. The molecule has 0 aromatic heterocycles. The van der Waals surface area contributed by atoms with Crippen molar-refractivity contribution < 1.29 is 14.6 Å². The van der Waals surface area contributed by atoms with E-state index < -0.39 is 5.97 Å². The lowest BCUT2D eigenvalue weighted by Gasteiger charge is -2.34. The molecule has 0 saturated heterocycles. The Bertz CT molecular complexity index is 131. The topological polar surface area (TPSA) is 46.5 Å². The predicted molar refractivity (Wildman–Crippen MR) is 35.8 cm³/mol. The van der Waals surface area contributed by atoms with Crippen LogP contribution in [0.4, 0.5) is 0 Å². The molecule has 0 spiro atoms. The number of aliphatic carboxylic acids is 1. The molecule has 58 valence electrons. The van der Waals surface area contributed by atoms with Crippen molar-refractivity contribution in [3.8, 4) is 0 Å². The number of methoxy groups -OCH3 is 1. The molecule has 0 aromatic carbocycles. The lowest BCUT2D eigenvalue weighted by molar-refractivity contribution is -0.141. The largest absolute Gasteiger partial charge is 0.481 e. The van der Waals surface area contributed by atoms with Gasteiger partial charge in [0.1, 0.15) is 0 Å². The molecule has 0 heterocycles. The van der Waals surface area contributed by atoms with Gasteiger partial charge in [0.25, 0.3) is 0 Å². The van der Waals surface area contributed by atoms with E-state index in [4.69, 9.17) is 9.84 Å². The van der Waals surface area contributed by atoms with Crippen LogP contribution in [0.3, 0.4) is 0 Å². The fourth-order valence-electron chi connectivity index (χ4n) is 1.31. The van der Waals surface area contributed by atoms with E-state index in [1.807, 2.05) is 0 Å². The van der Waals surface area contributed by atoms with Gasteiger partial charge in [-0.15, -0.1) is 0 Å². The highest BCUT2D eigenvalue weighted by Crippen LogP contribution is 2.32. The molecule has 2 atom stereocenters. The van der Waals surface area contributed by atoms with Crippen molar-refractivity contribution in [2.75, 3.05) is 7.11 Å².